The quantitative estimate of drug-likeness (QED) is 0.747. The Balaban J connectivity index is 1.60. The number of nitrogens with zero attached hydrogens (tertiary/aromatic N) is 2. The normalized spacial score (nSPS) is 12.2. The Morgan fingerprint density at radius 3 is 2.88 bits per heavy atom. The van der Waals surface area contributed by atoms with Crippen LogP contribution in [0.15, 0.2) is 46.6 Å². The van der Waals surface area contributed by atoms with Crippen molar-refractivity contribution in [3.05, 3.63) is 57.1 Å². The number of urea groups is 1. The van der Waals surface area contributed by atoms with Crippen molar-refractivity contribution in [1.29, 1.82) is 0 Å². The molecule has 0 aliphatic heterocycles. The fourth-order valence-corrected chi connectivity index (χ4v) is 3.45. The van der Waals surface area contributed by atoms with Gasteiger partial charge in [0, 0.05) is 25.0 Å². The maximum absolute atomic E-state index is 12.3. The second-order valence-corrected chi connectivity index (χ2v) is 6.61. The van der Waals surface area contributed by atoms with E-state index < -0.39 is 0 Å². The summed E-state index contributed by atoms with van der Waals surface area (Å²) in [7, 11) is 1.78. The molecule has 2 heterocycles. The predicted molar refractivity (Wildman–Crippen MR) is 96.5 cm³/mol. The average molecular weight is 344 g/mol. The molecule has 7 heteroatoms. The molecule has 0 aliphatic rings. The monoisotopic (exact) mass is 344 g/mol. The summed E-state index contributed by atoms with van der Waals surface area (Å²) in [6.45, 7) is 2.81. The first-order chi connectivity index (χ1) is 11.6. The number of carbonyl (C=O) groups is 1. The van der Waals surface area contributed by atoms with Crippen LogP contribution in [0.4, 0.5) is 4.79 Å². The van der Waals surface area contributed by atoms with E-state index in [4.69, 9.17) is 0 Å². The number of rotatable bonds is 5. The zero-order chi connectivity index (χ0) is 17.1. The fourth-order valence-electron chi connectivity index (χ4n) is 2.62. The molecular weight excluding hydrogens is 324 g/mol. The van der Waals surface area contributed by atoms with Crippen molar-refractivity contribution in [2.45, 2.75) is 19.5 Å². The Labute approximate surface area is 143 Å². The smallest absolute Gasteiger partial charge is 0.326 e. The molecule has 1 unspecified atom stereocenters. The van der Waals surface area contributed by atoms with Crippen LogP contribution in [0.25, 0.3) is 11.0 Å². The number of aromatic amines is 1. The minimum atomic E-state index is -0.161. The van der Waals surface area contributed by atoms with Crippen LogP contribution < -0.4 is 11.0 Å². The van der Waals surface area contributed by atoms with E-state index in [0.717, 1.165) is 15.9 Å². The number of thiophene rings is 1. The Morgan fingerprint density at radius 1 is 1.33 bits per heavy atom. The van der Waals surface area contributed by atoms with Gasteiger partial charge in [0.2, 0.25) is 0 Å². The van der Waals surface area contributed by atoms with Gasteiger partial charge in [-0.3, -0.25) is 4.57 Å². The van der Waals surface area contributed by atoms with Crippen LogP contribution in [0.1, 0.15) is 17.8 Å². The number of imidazole rings is 1. The topological polar surface area (TPSA) is 70.1 Å². The molecule has 2 N–H and O–H groups in total. The highest BCUT2D eigenvalue weighted by Gasteiger charge is 2.17. The summed E-state index contributed by atoms with van der Waals surface area (Å²) in [4.78, 5) is 29.9. The van der Waals surface area contributed by atoms with Crippen molar-refractivity contribution in [3.63, 3.8) is 0 Å². The molecule has 3 aromatic rings. The molecule has 0 aliphatic carbocycles. The van der Waals surface area contributed by atoms with Crippen molar-refractivity contribution in [1.82, 2.24) is 19.8 Å². The molecule has 126 valence electrons. The zero-order valence-corrected chi connectivity index (χ0v) is 14.5. The number of benzene rings is 1. The lowest BCUT2D eigenvalue weighted by Gasteiger charge is -2.24. The summed E-state index contributed by atoms with van der Waals surface area (Å²) in [6, 6.07) is 11.4. The largest absolute Gasteiger partial charge is 0.336 e. The van der Waals surface area contributed by atoms with Gasteiger partial charge in [-0.05, 0) is 30.5 Å². The number of carbonyl (C=O) groups excluding carboxylic acids is 1. The van der Waals surface area contributed by atoms with E-state index in [1.807, 2.05) is 48.7 Å². The van der Waals surface area contributed by atoms with Gasteiger partial charge in [0.15, 0.2) is 0 Å². The maximum Gasteiger partial charge on any atom is 0.326 e. The molecule has 0 bridgehead atoms. The van der Waals surface area contributed by atoms with Crippen LogP contribution in [0.3, 0.4) is 0 Å². The second kappa shape index (κ2) is 6.92. The molecule has 1 aromatic carbocycles. The predicted octanol–water partition coefficient (Wildman–Crippen LogP) is 2.79. The van der Waals surface area contributed by atoms with Crippen LogP contribution in [0.2, 0.25) is 0 Å². The first kappa shape index (κ1) is 16.3. The first-order valence-corrected chi connectivity index (χ1v) is 8.67. The van der Waals surface area contributed by atoms with Crippen LogP contribution in [-0.2, 0) is 6.54 Å². The lowest BCUT2D eigenvalue weighted by Crippen LogP contribution is -2.40. The Bertz CT molecular complexity index is 882. The Morgan fingerprint density at radius 2 is 2.12 bits per heavy atom. The van der Waals surface area contributed by atoms with Crippen LogP contribution >= 0.6 is 11.3 Å². The van der Waals surface area contributed by atoms with E-state index in [0.29, 0.717) is 13.1 Å². The number of aromatic nitrogens is 2. The number of hydrogen-bond acceptors (Lipinski definition) is 3. The molecule has 0 spiro atoms. The third-order valence-electron chi connectivity index (χ3n) is 4.15. The van der Waals surface area contributed by atoms with Crippen molar-refractivity contribution in [3.8, 4) is 0 Å². The first-order valence-electron chi connectivity index (χ1n) is 7.79. The molecule has 0 saturated carbocycles. The second-order valence-electron chi connectivity index (χ2n) is 5.63. The third-order valence-corrected chi connectivity index (χ3v) is 5.19. The SMILES string of the molecule is CC(c1cccs1)N(C)C(=O)NCCn1c(=O)[nH]c2ccccc21. The van der Waals surface area contributed by atoms with Crippen molar-refractivity contribution >= 4 is 28.4 Å². The number of fused-ring (bicyclic) bond motifs is 1. The van der Waals surface area contributed by atoms with E-state index in [1.165, 1.54) is 0 Å². The number of hydrogen-bond donors (Lipinski definition) is 2. The van der Waals surface area contributed by atoms with Gasteiger partial charge >= 0.3 is 11.7 Å². The number of H-pyrrole nitrogens is 1. The summed E-state index contributed by atoms with van der Waals surface area (Å²) < 4.78 is 1.64. The standard InChI is InChI=1S/C17H20N4O2S/c1-12(15-8-5-11-24-15)20(2)16(22)18-9-10-21-14-7-4-3-6-13(14)19-17(21)23/h3-8,11-12H,9-10H2,1-2H3,(H,18,22)(H,19,23). The Hall–Kier alpha value is -2.54. The van der Waals surface area contributed by atoms with Gasteiger partial charge in [-0.15, -0.1) is 11.3 Å². The van der Waals surface area contributed by atoms with Gasteiger partial charge in [0.25, 0.3) is 0 Å². The van der Waals surface area contributed by atoms with Crippen LogP contribution in [0.5, 0.6) is 0 Å². The summed E-state index contributed by atoms with van der Waals surface area (Å²) in [5, 5.41) is 4.87. The Kier molecular flexibility index (Phi) is 4.71. The molecule has 2 aromatic heterocycles. The summed E-state index contributed by atoms with van der Waals surface area (Å²) in [5.41, 5.74) is 1.49. The van der Waals surface area contributed by atoms with Crippen LogP contribution in [-0.4, -0.2) is 34.1 Å². The summed E-state index contributed by atoms with van der Waals surface area (Å²) in [5.74, 6) is 0. The van der Waals surface area contributed by atoms with E-state index in [1.54, 1.807) is 27.9 Å². The van der Waals surface area contributed by atoms with Gasteiger partial charge < -0.3 is 15.2 Å². The van der Waals surface area contributed by atoms with Gasteiger partial charge in [0.05, 0.1) is 17.1 Å². The lowest BCUT2D eigenvalue weighted by molar-refractivity contribution is 0.195. The zero-order valence-electron chi connectivity index (χ0n) is 13.7. The van der Waals surface area contributed by atoms with E-state index >= 15 is 0 Å². The van der Waals surface area contributed by atoms with E-state index in [2.05, 4.69) is 10.3 Å². The highest BCUT2D eigenvalue weighted by Crippen LogP contribution is 2.23. The van der Waals surface area contributed by atoms with Crippen LogP contribution in [0, 0.1) is 0 Å². The molecule has 0 saturated heterocycles. The summed E-state index contributed by atoms with van der Waals surface area (Å²) in [6.07, 6.45) is 0. The molecule has 0 radical (unpaired) electrons. The van der Waals surface area contributed by atoms with Gasteiger partial charge in [-0.1, -0.05) is 18.2 Å². The minimum absolute atomic E-state index is 0.0146. The highest BCUT2D eigenvalue weighted by molar-refractivity contribution is 7.10. The van der Waals surface area contributed by atoms with E-state index in [-0.39, 0.29) is 17.8 Å². The number of amides is 2. The third kappa shape index (κ3) is 3.21. The molecule has 2 amide bonds. The summed E-state index contributed by atoms with van der Waals surface area (Å²) >= 11 is 1.63. The highest BCUT2D eigenvalue weighted by atomic mass is 32.1. The van der Waals surface area contributed by atoms with Crippen molar-refractivity contribution < 1.29 is 4.79 Å². The molecule has 24 heavy (non-hydrogen) atoms. The van der Waals surface area contributed by atoms with E-state index in [9.17, 15) is 9.59 Å². The number of nitrogens with one attached hydrogen (secondary N) is 2. The van der Waals surface area contributed by atoms with Gasteiger partial charge in [-0.2, -0.15) is 0 Å². The molecule has 3 rings (SSSR count). The van der Waals surface area contributed by atoms with Crippen molar-refractivity contribution in [2.75, 3.05) is 13.6 Å². The van der Waals surface area contributed by atoms with Gasteiger partial charge in [0.1, 0.15) is 0 Å². The molecule has 1 atom stereocenters. The molecule has 0 fully saturated rings. The minimum Gasteiger partial charge on any atom is -0.336 e. The molecule has 6 nitrogen and oxygen atoms in total. The maximum atomic E-state index is 12.3. The average Bonchev–Trinajstić information content (AvgIpc) is 3.22. The molecular formula is C17H20N4O2S. The lowest BCUT2D eigenvalue weighted by atomic mass is 10.2. The fraction of sp³-hybridized carbons (Fsp3) is 0.294. The van der Waals surface area contributed by atoms with Gasteiger partial charge in [-0.25, -0.2) is 9.59 Å². The number of para-hydroxylation sites is 2. The van der Waals surface area contributed by atoms with Crippen molar-refractivity contribution in [2.24, 2.45) is 0 Å².